The zero-order valence-electron chi connectivity index (χ0n) is 11.7. The van der Waals surface area contributed by atoms with Crippen LogP contribution < -0.4 is 11.1 Å². The van der Waals surface area contributed by atoms with E-state index in [0.717, 1.165) is 28.7 Å². The number of nitrogens with one attached hydrogen (secondary N) is 1. The molecule has 1 aromatic carbocycles. The molecule has 0 aliphatic carbocycles. The number of nitrogens with zero attached hydrogens (tertiary/aromatic N) is 2. The Hall–Kier alpha value is -1.68. The van der Waals surface area contributed by atoms with Gasteiger partial charge in [-0.25, -0.2) is 0 Å². The van der Waals surface area contributed by atoms with Gasteiger partial charge < -0.3 is 11.1 Å². The highest BCUT2D eigenvalue weighted by molar-refractivity contribution is 5.92. The third-order valence-electron chi connectivity index (χ3n) is 3.40. The summed E-state index contributed by atoms with van der Waals surface area (Å²) in [6.45, 7) is 4.79. The van der Waals surface area contributed by atoms with Crippen LogP contribution >= 0.6 is 0 Å². The SMILES string of the molecule is CCCCC(CN)Nc1nnc(C)c2ccccc12. The molecule has 0 saturated carbocycles. The van der Waals surface area contributed by atoms with Gasteiger partial charge in [0.25, 0.3) is 0 Å². The lowest BCUT2D eigenvalue weighted by molar-refractivity contribution is 0.612. The van der Waals surface area contributed by atoms with Gasteiger partial charge >= 0.3 is 0 Å². The van der Waals surface area contributed by atoms with Crippen molar-refractivity contribution in [2.24, 2.45) is 5.73 Å². The van der Waals surface area contributed by atoms with Crippen LogP contribution in [0.25, 0.3) is 10.8 Å². The summed E-state index contributed by atoms with van der Waals surface area (Å²) in [5.41, 5.74) is 6.78. The average Bonchev–Trinajstić information content (AvgIpc) is 2.46. The molecule has 19 heavy (non-hydrogen) atoms. The number of aromatic nitrogens is 2. The van der Waals surface area contributed by atoms with E-state index >= 15 is 0 Å². The second-order valence-corrected chi connectivity index (χ2v) is 4.90. The van der Waals surface area contributed by atoms with Crippen molar-refractivity contribution in [3.8, 4) is 0 Å². The Morgan fingerprint density at radius 1 is 1.21 bits per heavy atom. The Kier molecular flexibility index (Phi) is 4.68. The molecule has 1 atom stereocenters. The Balaban J connectivity index is 2.27. The molecule has 102 valence electrons. The van der Waals surface area contributed by atoms with E-state index in [1.54, 1.807) is 0 Å². The molecule has 0 aliphatic rings. The van der Waals surface area contributed by atoms with E-state index in [9.17, 15) is 0 Å². The van der Waals surface area contributed by atoms with Crippen molar-refractivity contribution in [1.82, 2.24) is 10.2 Å². The molecule has 1 heterocycles. The van der Waals surface area contributed by atoms with Crippen molar-refractivity contribution in [3.05, 3.63) is 30.0 Å². The number of unbranched alkanes of at least 4 members (excludes halogenated alkanes) is 1. The lowest BCUT2D eigenvalue weighted by Crippen LogP contribution is -2.29. The molecule has 1 aromatic heterocycles. The van der Waals surface area contributed by atoms with Crippen LogP contribution in [-0.4, -0.2) is 22.8 Å². The minimum atomic E-state index is 0.264. The lowest BCUT2D eigenvalue weighted by atomic mass is 10.1. The number of aryl methyl sites for hydroxylation is 1. The topological polar surface area (TPSA) is 63.8 Å². The summed E-state index contributed by atoms with van der Waals surface area (Å²) < 4.78 is 0. The fraction of sp³-hybridized carbons (Fsp3) is 0.467. The fourth-order valence-electron chi connectivity index (χ4n) is 2.24. The second kappa shape index (κ2) is 6.48. The minimum absolute atomic E-state index is 0.264. The maximum Gasteiger partial charge on any atom is 0.156 e. The number of benzene rings is 1. The van der Waals surface area contributed by atoms with E-state index in [2.05, 4.69) is 34.6 Å². The normalized spacial score (nSPS) is 12.6. The van der Waals surface area contributed by atoms with Gasteiger partial charge in [0, 0.05) is 23.4 Å². The van der Waals surface area contributed by atoms with Crippen LogP contribution in [0.3, 0.4) is 0 Å². The predicted octanol–water partition coefficient (Wildman–Crippen LogP) is 2.87. The largest absolute Gasteiger partial charge is 0.364 e. The summed E-state index contributed by atoms with van der Waals surface area (Å²) in [4.78, 5) is 0. The van der Waals surface area contributed by atoms with Gasteiger partial charge in [0.1, 0.15) is 0 Å². The molecule has 2 rings (SSSR count). The number of anilines is 1. The lowest BCUT2D eigenvalue weighted by Gasteiger charge is -2.18. The molecule has 0 bridgehead atoms. The maximum atomic E-state index is 5.82. The third-order valence-corrected chi connectivity index (χ3v) is 3.40. The third kappa shape index (κ3) is 3.20. The summed E-state index contributed by atoms with van der Waals surface area (Å²) in [6.07, 6.45) is 3.42. The predicted molar refractivity (Wildman–Crippen MR) is 80.3 cm³/mol. The Morgan fingerprint density at radius 2 is 1.95 bits per heavy atom. The van der Waals surface area contributed by atoms with Gasteiger partial charge in [0.15, 0.2) is 5.82 Å². The summed E-state index contributed by atoms with van der Waals surface area (Å²) >= 11 is 0. The van der Waals surface area contributed by atoms with Crippen molar-refractivity contribution in [2.75, 3.05) is 11.9 Å². The zero-order valence-corrected chi connectivity index (χ0v) is 11.7. The van der Waals surface area contributed by atoms with Crippen molar-refractivity contribution < 1.29 is 0 Å². The molecular formula is C15H22N4. The second-order valence-electron chi connectivity index (χ2n) is 4.90. The van der Waals surface area contributed by atoms with E-state index in [0.29, 0.717) is 6.54 Å². The summed E-state index contributed by atoms with van der Waals surface area (Å²) in [6, 6.07) is 8.47. The molecule has 2 aromatic rings. The monoisotopic (exact) mass is 258 g/mol. The first-order valence-corrected chi connectivity index (χ1v) is 6.95. The highest BCUT2D eigenvalue weighted by Crippen LogP contribution is 2.23. The maximum absolute atomic E-state index is 5.82. The number of hydrogen-bond donors (Lipinski definition) is 2. The molecule has 0 aliphatic heterocycles. The molecule has 0 spiro atoms. The zero-order chi connectivity index (χ0) is 13.7. The van der Waals surface area contributed by atoms with Gasteiger partial charge in [-0.2, -0.15) is 5.10 Å². The molecule has 0 amide bonds. The fourth-order valence-corrected chi connectivity index (χ4v) is 2.24. The molecular weight excluding hydrogens is 236 g/mol. The first-order valence-electron chi connectivity index (χ1n) is 6.95. The van der Waals surface area contributed by atoms with E-state index in [-0.39, 0.29) is 6.04 Å². The van der Waals surface area contributed by atoms with Gasteiger partial charge in [-0.1, -0.05) is 44.0 Å². The van der Waals surface area contributed by atoms with Crippen LogP contribution in [0.4, 0.5) is 5.82 Å². The van der Waals surface area contributed by atoms with Crippen LogP contribution in [0.5, 0.6) is 0 Å². The quantitative estimate of drug-likeness (QED) is 0.836. The number of rotatable bonds is 6. The van der Waals surface area contributed by atoms with Crippen LogP contribution in [-0.2, 0) is 0 Å². The highest BCUT2D eigenvalue weighted by Gasteiger charge is 2.11. The first-order chi connectivity index (χ1) is 9.26. The van der Waals surface area contributed by atoms with Crippen molar-refractivity contribution in [1.29, 1.82) is 0 Å². The average molecular weight is 258 g/mol. The Labute approximate surface area is 114 Å². The minimum Gasteiger partial charge on any atom is -0.364 e. The number of nitrogens with two attached hydrogens (primary N) is 1. The summed E-state index contributed by atoms with van der Waals surface area (Å²) in [5, 5.41) is 14.2. The number of fused-ring (bicyclic) bond motifs is 1. The summed E-state index contributed by atoms with van der Waals surface area (Å²) in [5.74, 6) is 0.841. The van der Waals surface area contributed by atoms with Gasteiger partial charge in [0.2, 0.25) is 0 Å². The smallest absolute Gasteiger partial charge is 0.156 e. The van der Waals surface area contributed by atoms with Crippen molar-refractivity contribution in [3.63, 3.8) is 0 Å². The Bertz CT molecular complexity index is 539. The molecule has 3 N–H and O–H groups in total. The Morgan fingerprint density at radius 3 is 2.63 bits per heavy atom. The van der Waals surface area contributed by atoms with Gasteiger partial charge in [-0.3, -0.25) is 0 Å². The van der Waals surface area contributed by atoms with Crippen LogP contribution in [0.2, 0.25) is 0 Å². The first kappa shape index (κ1) is 13.7. The van der Waals surface area contributed by atoms with Gasteiger partial charge in [-0.15, -0.1) is 5.10 Å². The van der Waals surface area contributed by atoms with Crippen LogP contribution in [0.1, 0.15) is 31.9 Å². The van der Waals surface area contributed by atoms with E-state index in [4.69, 9.17) is 5.73 Å². The standard InChI is InChI=1S/C15H22N4/c1-3-4-7-12(10-16)17-15-14-9-6-5-8-13(14)11(2)18-19-15/h5-6,8-9,12H,3-4,7,10,16H2,1-2H3,(H,17,19). The molecule has 1 unspecified atom stereocenters. The van der Waals surface area contributed by atoms with Crippen molar-refractivity contribution in [2.45, 2.75) is 39.2 Å². The number of hydrogen-bond acceptors (Lipinski definition) is 4. The van der Waals surface area contributed by atoms with E-state index in [1.165, 1.54) is 12.8 Å². The molecule has 4 nitrogen and oxygen atoms in total. The summed E-state index contributed by atoms with van der Waals surface area (Å²) in [7, 11) is 0. The van der Waals surface area contributed by atoms with Gasteiger partial charge in [-0.05, 0) is 13.3 Å². The molecule has 4 heteroatoms. The highest BCUT2D eigenvalue weighted by atomic mass is 15.2. The van der Waals surface area contributed by atoms with Crippen molar-refractivity contribution >= 4 is 16.6 Å². The molecule has 0 fully saturated rings. The van der Waals surface area contributed by atoms with E-state index in [1.807, 2.05) is 19.1 Å². The van der Waals surface area contributed by atoms with Crippen LogP contribution in [0.15, 0.2) is 24.3 Å². The van der Waals surface area contributed by atoms with Crippen LogP contribution in [0, 0.1) is 6.92 Å². The van der Waals surface area contributed by atoms with Gasteiger partial charge in [0.05, 0.1) is 5.69 Å². The van der Waals surface area contributed by atoms with E-state index < -0.39 is 0 Å². The molecule has 0 radical (unpaired) electrons. The molecule has 0 saturated heterocycles.